The first-order valence-electron chi connectivity index (χ1n) is 5.88. The molecule has 4 fully saturated rings. The van der Waals surface area contributed by atoms with E-state index in [0.29, 0.717) is 11.7 Å². The van der Waals surface area contributed by atoms with E-state index in [0.717, 1.165) is 24.7 Å². The van der Waals surface area contributed by atoms with Crippen LogP contribution in [-0.2, 0) is 4.79 Å². The Balaban J connectivity index is 2.01. The van der Waals surface area contributed by atoms with Crippen molar-refractivity contribution in [2.75, 3.05) is 0 Å². The zero-order valence-electron chi connectivity index (χ0n) is 8.83. The molecule has 78 valence electrons. The Morgan fingerprint density at radius 3 is 2.29 bits per heavy atom. The number of ketones is 1. The summed E-state index contributed by atoms with van der Waals surface area (Å²) in [6.07, 6.45) is 6.16. The first-order chi connectivity index (χ1) is 6.62. The Bertz CT molecular complexity index is 272. The van der Waals surface area contributed by atoms with Crippen LogP contribution in [0.2, 0.25) is 0 Å². The summed E-state index contributed by atoms with van der Waals surface area (Å²) in [5.74, 6) is 2.65. The van der Waals surface area contributed by atoms with Gasteiger partial charge in [-0.25, -0.2) is 0 Å². The standard InChI is InChI=1S/C12H19NO/c1-7(14)12-5-8-2-9(6-12)4-10(3-8)11(12)13/h8-11H,2-6,13H2,1H3. The summed E-state index contributed by atoms with van der Waals surface area (Å²) in [6, 6.07) is 0.174. The molecule has 4 bridgehead atoms. The van der Waals surface area contributed by atoms with Gasteiger partial charge in [-0.15, -0.1) is 0 Å². The summed E-state index contributed by atoms with van der Waals surface area (Å²) < 4.78 is 0. The van der Waals surface area contributed by atoms with Crippen LogP contribution in [0, 0.1) is 23.2 Å². The SMILES string of the molecule is CC(=O)C12CC3CC(CC(C3)C1N)C2. The van der Waals surface area contributed by atoms with Gasteiger partial charge < -0.3 is 5.73 Å². The number of hydrogen-bond acceptors (Lipinski definition) is 2. The van der Waals surface area contributed by atoms with Crippen LogP contribution < -0.4 is 5.73 Å². The average Bonchev–Trinajstić information content (AvgIpc) is 2.12. The highest BCUT2D eigenvalue weighted by Gasteiger charge is 2.57. The second-order valence-electron chi connectivity index (χ2n) is 5.85. The maximum absolute atomic E-state index is 11.8. The summed E-state index contributed by atoms with van der Waals surface area (Å²) in [5, 5.41) is 0. The first-order valence-corrected chi connectivity index (χ1v) is 5.88. The summed E-state index contributed by atoms with van der Waals surface area (Å²) >= 11 is 0. The van der Waals surface area contributed by atoms with Gasteiger partial charge in [0.2, 0.25) is 0 Å². The summed E-state index contributed by atoms with van der Waals surface area (Å²) in [4.78, 5) is 11.8. The van der Waals surface area contributed by atoms with E-state index in [-0.39, 0.29) is 11.5 Å². The Hall–Kier alpha value is -0.370. The van der Waals surface area contributed by atoms with E-state index in [9.17, 15) is 4.79 Å². The Morgan fingerprint density at radius 1 is 1.21 bits per heavy atom. The predicted octanol–water partition coefficient (Wildman–Crippen LogP) is 1.73. The maximum atomic E-state index is 11.8. The first kappa shape index (κ1) is 8.90. The molecule has 0 spiro atoms. The third-order valence-corrected chi connectivity index (χ3v) is 5.09. The van der Waals surface area contributed by atoms with Crippen molar-refractivity contribution in [3.8, 4) is 0 Å². The van der Waals surface area contributed by atoms with E-state index >= 15 is 0 Å². The minimum atomic E-state index is -0.102. The van der Waals surface area contributed by atoms with Gasteiger partial charge in [0.15, 0.2) is 0 Å². The van der Waals surface area contributed by atoms with Crippen molar-refractivity contribution in [2.45, 2.75) is 45.1 Å². The van der Waals surface area contributed by atoms with E-state index in [1.165, 1.54) is 19.3 Å². The fourth-order valence-corrected chi connectivity index (χ4v) is 4.60. The average molecular weight is 193 g/mol. The van der Waals surface area contributed by atoms with Gasteiger partial charge in [0.25, 0.3) is 0 Å². The van der Waals surface area contributed by atoms with Gasteiger partial charge in [-0.2, -0.15) is 0 Å². The molecule has 0 aromatic carbocycles. The van der Waals surface area contributed by atoms with E-state index in [1.807, 2.05) is 0 Å². The van der Waals surface area contributed by atoms with E-state index in [1.54, 1.807) is 6.92 Å². The van der Waals surface area contributed by atoms with Crippen molar-refractivity contribution >= 4 is 5.78 Å². The summed E-state index contributed by atoms with van der Waals surface area (Å²) in [6.45, 7) is 1.76. The molecule has 2 heteroatoms. The van der Waals surface area contributed by atoms with E-state index in [2.05, 4.69) is 0 Å². The lowest BCUT2D eigenvalue weighted by molar-refractivity contribution is -0.145. The number of carbonyl (C=O) groups is 1. The minimum Gasteiger partial charge on any atom is -0.327 e. The molecule has 0 amide bonds. The minimum absolute atomic E-state index is 0.102. The van der Waals surface area contributed by atoms with Crippen LogP contribution in [0.3, 0.4) is 0 Å². The molecule has 4 aliphatic carbocycles. The molecule has 14 heavy (non-hydrogen) atoms. The van der Waals surface area contributed by atoms with Crippen LogP contribution in [0.1, 0.15) is 39.0 Å². The quantitative estimate of drug-likeness (QED) is 0.689. The Morgan fingerprint density at radius 2 is 1.79 bits per heavy atom. The topological polar surface area (TPSA) is 43.1 Å². The fraction of sp³-hybridized carbons (Fsp3) is 0.917. The van der Waals surface area contributed by atoms with Crippen LogP contribution in [0.15, 0.2) is 0 Å². The van der Waals surface area contributed by atoms with Gasteiger partial charge in [0, 0.05) is 11.5 Å². The number of hydrogen-bond donors (Lipinski definition) is 1. The number of rotatable bonds is 1. The molecule has 0 aromatic heterocycles. The van der Waals surface area contributed by atoms with Gasteiger partial charge in [-0.3, -0.25) is 4.79 Å². The summed E-state index contributed by atoms with van der Waals surface area (Å²) in [5.41, 5.74) is 6.18. The van der Waals surface area contributed by atoms with Crippen molar-refractivity contribution in [1.82, 2.24) is 0 Å². The molecule has 0 heterocycles. The molecule has 4 rings (SSSR count). The Labute approximate surface area is 85.2 Å². The van der Waals surface area contributed by atoms with Gasteiger partial charge in [0.05, 0.1) is 0 Å². The van der Waals surface area contributed by atoms with Crippen LogP contribution in [0.4, 0.5) is 0 Å². The molecule has 3 unspecified atom stereocenters. The molecular weight excluding hydrogens is 174 g/mol. The van der Waals surface area contributed by atoms with Crippen LogP contribution in [-0.4, -0.2) is 11.8 Å². The lowest BCUT2D eigenvalue weighted by Gasteiger charge is -2.59. The molecule has 0 aromatic rings. The molecule has 0 aliphatic heterocycles. The summed E-state index contributed by atoms with van der Waals surface area (Å²) in [7, 11) is 0. The highest BCUT2D eigenvalue weighted by atomic mass is 16.1. The van der Waals surface area contributed by atoms with Crippen LogP contribution in [0.25, 0.3) is 0 Å². The second kappa shape index (κ2) is 2.60. The molecule has 2 nitrogen and oxygen atoms in total. The third-order valence-electron chi connectivity index (χ3n) is 5.09. The molecule has 2 N–H and O–H groups in total. The maximum Gasteiger partial charge on any atom is 0.137 e. The van der Waals surface area contributed by atoms with Gasteiger partial charge in [-0.1, -0.05) is 0 Å². The molecule has 0 radical (unpaired) electrons. The van der Waals surface area contributed by atoms with Crippen molar-refractivity contribution in [1.29, 1.82) is 0 Å². The number of carbonyl (C=O) groups excluding carboxylic acids is 1. The van der Waals surface area contributed by atoms with Gasteiger partial charge >= 0.3 is 0 Å². The third kappa shape index (κ3) is 0.928. The monoisotopic (exact) mass is 193 g/mol. The molecule has 4 aliphatic rings. The second-order valence-corrected chi connectivity index (χ2v) is 5.85. The highest BCUT2D eigenvalue weighted by molar-refractivity contribution is 5.83. The van der Waals surface area contributed by atoms with E-state index in [4.69, 9.17) is 5.73 Å². The number of nitrogens with two attached hydrogens (primary N) is 1. The largest absolute Gasteiger partial charge is 0.327 e. The highest BCUT2D eigenvalue weighted by Crippen LogP contribution is 2.59. The normalized spacial score (nSPS) is 55.0. The lowest BCUT2D eigenvalue weighted by Crippen LogP contribution is -2.62. The lowest BCUT2D eigenvalue weighted by atomic mass is 9.46. The van der Waals surface area contributed by atoms with Crippen molar-refractivity contribution in [2.24, 2.45) is 28.9 Å². The molecule has 0 saturated heterocycles. The van der Waals surface area contributed by atoms with Crippen molar-refractivity contribution in [3.05, 3.63) is 0 Å². The zero-order valence-corrected chi connectivity index (χ0v) is 8.83. The van der Waals surface area contributed by atoms with Crippen LogP contribution in [0.5, 0.6) is 0 Å². The Kier molecular flexibility index (Phi) is 1.65. The molecule has 4 saturated carbocycles. The van der Waals surface area contributed by atoms with E-state index < -0.39 is 0 Å². The van der Waals surface area contributed by atoms with Crippen molar-refractivity contribution in [3.63, 3.8) is 0 Å². The molecule has 3 atom stereocenters. The molecular formula is C12H19NO. The fourth-order valence-electron chi connectivity index (χ4n) is 4.60. The predicted molar refractivity (Wildman–Crippen MR) is 54.6 cm³/mol. The number of Topliss-reactive ketones (excluding diaryl/α,β-unsaturated/α-hetero) is 1. The van der Waals surface area contributed by atoms with Gasteiger partial charge in [-0.05, 0) is 56.8 Å². The van der Waals surface area contributed by atoms with Crippen molar-refractivity contribution < 1.29 is 4.79 Å². The van der Waals surface area contributed by atoms with Gasteiger partial charge in [0.1, 0.15) is 5.78 Å². The zero-order chi connectivity index (χ0) is 9.92. The smallest absolute Gasteiger partial charge is 0.137 e. The van der Waals surface area contributed by atoms with Crippen LogP contribution >= 0.6 is 0 Å².